The summed E-state index contributed by atoms with van der Waals surface area (Å²) in [6, 6.07) is 13.3. The standard InChI is InChI=1S/C20H24FN3O2/c1-13-8-9-16(12-17(13)21)20(26)24-11-10-23-19(25)14(2)18(22)15-6-4-3-5-7-15/h3-9,12,14,18H,10-11,22H2,1-2H3,(H,23,25)(H,24,26). The second kappa shape index (κ2) is 9.10. The second-order valence-electron chi connectivity index (χ2n) is 6.24. The predicted molar refractivity (Wildman–Crippen MR) is 99.0 cm³/mol. The third-order valence-electron chi connectivity index (χ3n) is 4.28. The topological polar surface area (TPSA) is 84.2 Å². The molecule has 0 heterocycles. The number of aryl methyl sites for hydroxylation is 1. The number of rotatable bonds is 7. The van der Waals surface area contributed by atoms with Crippen molar-refractivity contribution >= 4 is 11.8 Å². The Morgan fingerprint density at radius 2 is 1.73 bits per heavy atom. The fourth-order valence-corrected chi connectivity index (χ4v) is 2.49. The highest BCUT2D eigenvalue weighted by Gasteiger charge is 2.21. The van der Waals surface area contributed by atoms with Crippen molar-refractivity contribution in [1.82, 2.24) is 10.6 Å². The molecule has 2 atom stereocenters. The van der Waals surface area contributed by atoms with E-state index in [4.69, 9.17) is 5.73 Å². The maximum absolute atomic E-state index is 13.5. The van der Waals surface area contributed by atoms with E-state index in [1.165, 1.54) is 6.07 Å². The molecular weight excluding hydrogens is 333 g/mol. The first-order valence-electron chi connectivity index (χ1n) is 8.52. The molecule has 138 valence electrons. The third-order valence-corrected chi connectivity index (χ3v) is 4.28. The molecule has 0 aromatic heterocycles. The number of hydrogen-bond acceptors (Lipinski definition) is 3. The second-order valence-corrected chi connectivity index (χ2v) is 6.24. The van der Waals surface area contributed by atoms with Crippen LogP contribution in [-0.2, 0) is 4.79 Å². The number of benzene rings is 2. The first-order valence-corrected chi connectivity index (χ1v) is 8.52. The van der Waals surface area contributed by atoms with Gasteiger partial charge in [0.25, 0.3) is 5.91 Å². The summed E-state index contributed by atoms with van der Waals surface area (Å²) in [5.41, 5.74) is 7.75. The summed E-state index contributed by atoms with van der Waals surface area (Å²) in [5.74, 6) is -1.39. The molecule has 0 fully saturated rings. The van der Waals surface area contributed by atoms with Crippen LogP contribution in [0.1, 0.15) is 34.5 Å². The van der Waals surface area contributed by atoms with Gasteiger partial charge < -0.3 is 16.4 Å². The Morgan fingerprint density at radius 3 is 2.38 bits per heavy atom. The van der Waals surface area contributed by atoms with Gasteiger partial charge in [-0.2, -0.15) is 0 Å². The zero-order valence-electron chi connectivity index (χ0n) is 15.0. The summed E-state index contributed by atoms with van der Waals surface area (Å²) in [5, 5.41) is 5.40. The summed E-state index contributed by atoms with van der Waals surface area (Å²) < 4.78 is 13.5. The number of halogens is 1. The SMILES string of the molecule is Cc1ccc(C(=O)NCCNC(=O)C(C)C(N)c2ccccc2)cc1F. The van der Waals surface area contributed by atoms with Crippen molar-refractivity contribution in [2.75, 3.05) is 13.1 Å². The van der Waals surface area contributed by atoms with Crippen molar-refractivity contribution < 1.29 is 14.0 Å². The first-order chi connectivity index (χ1) is 12.4. The number of nitrogens with one attached hydrogen (secondary N) is 2. The van der Waals surface area contributed by atoms with E-state index in [2.05, 4.69) is 10.6 Å². The van der Waals surface area contributed by atoms with Gasteiger partial charge in [0, 0.05) is 24.7 Å². The fraction of sp³-hybridized carbons (Fsp3) is 0.300. The molecular formula is C20H24FN3O2. The number of amides is 2. The van der Waals surface area contributed by atoms with E-state index < -0.39 is 17.8 Å². The molecule has 6 heteroatoms. The number of carbonyl (C=O) groups excluding carboxylic acids is 2. The van der Waals surface area contributed by atoms with Crippen LogP contribution in [0.15, 0.2) is 48.5 Å². The molecule has 2 aromatic carbocycles. The minimum atomic E-state index is -0.422. The molecule has 0 bridgehead atoms. The molecule has 26 heavy (non-hydrogen) atoms. The zero-order valence-corrected chi connectivity index (χ0v) is 15.0. The Morgan fingerprint density at radius 1 is 1.08 bits per heavy atom. The highest BCUT2D eigenvalue weighted by atomic mass is 19.1. The fourth-order valence-electron chi connectivity index (χ4n) is 2.49. The third kappa shape index (κ3) is 5.13. The van der Waals surface area contributed by atoms with E-state index in [1.54, 1.807) is 26.0 Å². The highest BCUT2D eigenvalue weighted by molar-refractivity contribution is 5.94. The van der Waals surface area contributed by atoms with Crippen molar-refractivity contribution in [3.63, 3.8) is 0 Å². The lowest BCUT2D eigenvalue weighted by Gasteiger charge is -2.20. The molecule has 0 aliphatic carbocycles. The number of hydrogen-bond donors (Lipinski definition) is 3. The molecule has 2 aromatic rings. The van der Waals surface area contributed by atoms with Crippen molar-refractivity contribution in [2.24, 2.45) is 11.7 Å². The maximum atomic E-state index is 13.5. The first kappa shape index (κ1) is 19.6. The average molecular weight is 357 g/mol. The summed E-state index contributed by atoms with van der Waals surface area (Å²) in [6.45, 7) is 3.91. The molecule has 2 amide bonds. The van der Waals surface area contributed by atoms with Crippen molar-refractivity contribution in [2.45, 2.75) is 19.9 Å². The lowest BCUT2D eigenvalue weighted by Crippen LogP contribution is -2.39. The summed E-state index contributed by atoms with van der Waals surface area (Å²) in [6.07, 6.45) is 0. The molecule has 5 nitrogen and oxygen atoms in total. The normalized spacial score (nSPS) is 12.9. The maximum Gasteiger partial charge on any atom is 0.251 e. The van der Waals surface area contributed by atoms with Crippen molar-refractivity contribution in [3.8, 4) is 0 Å². The van der Waals surface area contributed by atoms with Gasteiger partial charge >= 0.3 is 0 Å². The summed E-state index contributed by atoms with van der Waals surface area (Å²) >= 11 is 0. The van der Waals surface area contributed by atoms with Crippen molar-refractivity contribution in [3.05, 3.63) is 71.0 Å². The lowest BCUT2D eigenvalue weighted by molar-refractivity contribution is -0.125. The van der Waals surface area contributed by atoms with Crippen molar-refractivity contribution in [1.29, 1.82) is 0 Å². The molecule has 0 spiro atoms. The van der Waals surface area contributed by atoms with Gasteiger partial charge in [-0.05, 0) is 30.2 Å². The minimum Gasteiger partial charge on any atom is -0.354 e. The van der Waals surface area contributed by atoms with Crippen LogP contribution in [0.3, 0.4) is 0 Å². The summed E-state index contributed by atoms with van der Waals surface area (Å²) in [7, 11) is 0. The minimum absolute atomic E-state index is 0.183. The van der Waals surface area contributed by atoms with Crippen LogP contribution < -0.4 is 16.4 Å². The van der Waals surface area contributed by atoms with E-state index in [0.717, 1.165) is 5.56 Å². The zero-order chi connectivity index (χ0) is 19.1. The molecule has 0 aliphatic rings. The van der Waals surface area contributed by atoms with Gasteiger partial charge in [0.1, 0.15) is 5.82 Å². The lowest BCUT2D eigenvalue weighted by atomic mass is 9.95. The predicted octanol–water partition coefficient (Wildman–Crippen LogP) is 2.32. The number of carbonyl (C=O) groups is 2. The van der Waals surface area contributed by atoms with Crippen LogP contribution in [0.4, 0.5) is 4.39 Å². The molecule has 0 radical (unpaired) electrons. The van der Waals surface area contributed by atoms with Crippen LogP contribution in [0.25, 0.3) is 0 Å². The highest BCUT2D eigenvalue weighted by Crippen LogP contribution is 2.18. The Hall–Kier alpha value is -2.73. The van der Waals surface area contributed by atoms with Gasteiger partial charge in [-0.25, -0.2) is 4.39 Å². The molecule has 4 N–H and O–H groups in total. The quantitative estimate of drug-likeness (QED) is 0.665. The average Bonchev–Trinajstić information content (AvgIpc) is 2.66. The van der Waals surface area contributed by atoms with Crippen LogP contribution in [0.2, 0.25) is 0 Å². The summed E-state index contributed by atoms with van der Waals surface area (Å²) in [4.78, 5) is 24.2. The van der Waals surface area contributed by atoms with Gasteiger partial charge in [-0.1, -0.05) is 43.3 Å². The molecule has 0 saturated carbocycles. The van der Waals surface area contributed by atoms with Gasteiger partial charge in [0.05, 0.1) is 5.92 Å². The Bertz CT molecular complexity index is 765. The van der Waals surface area contributed by atoms with E-state index in [0.29, 0.717) is 5.56 Å². The van der Waals surface area contributed by atoms with Gasteiger partial charge in [-0.3, -0.25) is 9.59 Å². The Labute approximate surface area is 152 Å². The van der Waals surface area contributed by atoms with Crippen LogP contribution >= 0.6 is 0 Å². The number of nitrogens with two attached hydrogens (primary N) is 1. The van der Waals surface area contributed by atoms with Gasteiger partial charge in [-0.15, -0.1) is 0 Å². The Balaban J connectivity index is 1.77. The van der Waals surface area contributed by atoms with Crippen LogP contribution in [0.5, 0.6) is 0 Å². The van der Waals surface area contributed by atoms with Crippen LogP contribution in [-0.4, -0.2) is 24.9 Å². The van der Waals surface area contributed by atoms with Gasteiger partial charge in [0.15, 0.2) is 0 Å². The molecule has 0 saturated heterocycles. The molecule has 2 unspecified atom stereocenters. The smallest absolute Gasteiger partial charge is 0.251 e. The van der Waals surface area contributed by atoms with E-state index in [9.17, 15) is 14.0 Å². The monoisotopic (exact) mass is 357 g/mol. The molecule has 2 rings (SSSR count). The van der Waals surface area contributed by atoms with E-state index >= 15 is 0 Å². The van der Waals surface area contributed by atoms with Crippen LogP contribution in [0, 0.1) is 18.7 Å². The largest absolute Gasteiger partial charge is 0.354 e. The van der Waals surface area contributed by atoms with Gasteiger partial charge in [0.2, 0.25) is 5.91 Å². The van der Waals surface area contributed by atoms with E-state index in [-0.39, 0.29) is 30.5 Å². The Kier molecular flexibility index (Phi) is 6.86. The van der Waals surface area contributed by atoms with E-state index in [1.807, 2.05) is 30.3 Å². The molecule has 0 aliphatic heterocycles.